The monoisotopic (exact) mass is 268 g/mol. The van der Waals surface area contributed by atoms with Gasteiger partial charge in [-0.15, -0.1) is 0 Å². The molecule has 0 saturated heterocycles. The highest BCUT2D eigenvalue weighted by molar-refractivity contribution is 5.82. The highest BCUT2D eigenvalue weighted by Gasteiger charge is 2.33. The molecule has 3 rings (SSSR count). The molecule has 4 heteroatoms. The molecule has 20 heavy (non-hydrogen) atoms. The lowest BCUT2D eigenvalue weighted by atomic mass is 10.1. The lowest BCUT2D eigenvalue weighted by Gasteiger charge is -2.24. The Labute approximate surface area is 117 Å². The largest absolute Gasteiger partial charge is 0.480 e. The van der Waals surface area contributed by atoms with Crippen molar-refractivity contribution < 1.29 is 9.90 Å². The van der Waals surface area contributed by atoms with E-state index in [0.717, 1.165) is 22.4 Å². The van der Waals surface area contributed by atoms with Crippen molar-refractivity contribution in [2.75, 3.05) is 4.90 Å². The SMILES string of the molecule is Cc1cncc(CN2c3ccccc3CC2C(=O)O)c1. The van der Waals surface area contributed by atoms with E-state index >= 15 is 0 Å². The van der Waals surface area contributed by atoms with Crippen LogP contribution in [-0.2, 0) is 17.8 Å². The Balaban J connectivity index is 1.94. The van der Waals surface area contributed by atoms with Gasteiger partial charge in [0.1, 0.15) is 6.04 Å². The molecule has 0 spiro atoms. The van der Waals surface area contributed by atoms with Gasteiger partial charge >= 0.3 is 5.97 Å². The number of rotatable bonds is 3. The summed E-state index contributed by atoms with van der Waals surface area (Å²) in [7, 11) is 0. The number of carbonyl (C=O) groups is 1. The van der Waals surface area contributed by atoms with E-state index in [1.807, 2.05) is 42.2 Å². The summed E-state index contributed by atoms with van der Waals surface area (Å²) >= 11 is 0. The number of hydrogen-bond donors (Lipinski definition) is 1. The minimum Gasteiger partial charge on any atom is -0.480 e. The fourth-order valence-electron chi connectivity index (χ4n) is 2.77. The summed E-state index contributed by atoms with van der Waals surface area (Å²) in [5.74, 6) is -0.776. The molecule has 1 aromatic heterocycles. The first-order valence-electron chi connectivity index (χ1n) is 6.63. The predicted molar refractivity (Wildman–Crippen MR) is 76.7 cm³/mol. The van der Waals surface area contributed by atoms with Gasteiger partial charge in [0.05, 0.1) is 0 Å². The van der Waals surface area contributed by atoms with Crippen molar-refractivity contribution in [3.05, 3.63) is 59.4 Å². The molecule has 1 N–H and O–H groups in total. The van der Waals surface area contributed by atoms with Crippen molar-refractivity contribution >= 4 is 11.7 Å². The Kier molecular flexibility index (Phi) is 3.14. The first-order chi connectivity index (χ1) is 9.65. The van der Waals surface area contributed by atoms with Gasteiger partial charge < -0.3 is 10.0 Å². The van der Waals surface area contributed by atoms with Crippen molar-refractivity contribution in [1.82, 2.24) is 4.98 Å². The predicted octanol–water partition coefficient (Wildman–Crippen LogP) is 2.41. The molecule has 0 aliphatic carbocycles. The normalized spacial score (nSPS) is 17.1. The number of nitrogens with zero attached hydrogens (tertiary/aromatic N) is 2. The van der Waals surface area contributed by atoms with Crippen molar-refractivity contribution in [1.29, 1.82) is 0 Å². The summed E-state index contributed by atoms with van der Waals surface area (Å²) in [5, 5.41) is 9.43. The molecule has 102 valence electrons. The summed E-state index contributed by atoms with van der Waals surface area (Å²) in [4.78, 5) is 17.6. The number of anilines is 1. The second kappa shape index (κ2) is 4.96. The Morgan fingerprint density at radius 1 is 1.40 bits per heavy atom. The van der Waals surface area contributed by atoms with Crippen LogP contribution in [0.1, 0.15) is 16.7 Å². The molecule has 2 aromatic rings. The van der Waals surface area contributed by atoms with E-state index in [2.05, 4.69) is 4.98 Å². The van der Waals surface area contributed by atoms with Crippen LogP contribution in [0, 0.1) is 6.92 Å². The molecule has 0 radical (unpaired) electrons. The lowest BCUT2D eigenvalue weighted by molar-refractivity contribution is -0.138. The van der Waals surface area contributed by atoms with Gasteiger partial charge in [-0.25, -0.2) is 4.79 Å². The van der Waals surface area contributed by atoms with Gasteiger partial charge in [0.2, 0.25) is 0 Å². The molecule has 1 atom stereocenters. The highest BCUT2D eigenvalue weighted by Crippen LogP contribution is 2.33. The molecule has 0 bridgehead atoms. The number of carboxylic acid groups (broad SMARTS) is 1. The average molecular weight is 268 g/mol. The van der Waals surface area contributed by atoms with E-state index in [9.17, 15) is 9.90 Å². The number of hydrogen-bond acceptors (Lipinski definition) is 3. The maximum Gasteiger partial charge on any atom is 0.326 e. The number of pyridine rings is 1. The third kappa shape index (κ3) is 2.25. The maximum atomic E-state index is 11.5. The number of aliphatic carboxylic acids is 1. The summed E-state index contributed by atoms with van der Waals surface area (Å²) < 4.78 is 0. The van der Waals surface area contributed by atoms with E-state index in [0.29, 0.717) is 13.0 Å². The van der Waals surface area contributed by atoms with Gasteiger partial charge in [0, 0.05) is 31.0 Å². The van der Waals surface area contributed by atoms with Gasteiger partial charge in [-0.1, -0.05) is 24.3 Å². The van der Waals surface area contributed by atoms with Gasteiger partial charge in [-0.3, -0.25) is 4.98 Å². The second-order valence-electron chi connectivity index (χ2n) is 5.19. The smallest absolute Gasteiger partial charge is 0.326 e. The third-order valence-electron chi connectivity index (χ3n) is 3.66. The van der Waals surface area contributed by atoms with Gasteiger partial charge in [0.15, 0.2) is 0 Å². The summed E-state index contributed by atoms with van der Waals surface area (Å²) in [6.45, 7) is 2.56. The van der Waals surface area contributed by atoms with Crippen LogP contribution in [0.15, 0.2) is 42.7 Å². The van der Waals surface area contributed by atoms with Crippen molar-refractivity contribution in [2.24, 2.45) is 0 Å². The van der Waals surface area contributed by atoms with E-state index in [1.54, 1.807) is 12.4 Å². The number of benzene rings is 1. The molecule has 1 aliphatic heterocycles. The summed E-state index contributed by atoms with van der Waals surface area (Å²) in [6.07, 6.45) is 4.16. The number of aromatic nitrogens is 1. The fraction of sp³-hybridized carbons (Fsp3) is 0.250. The summed E-state index contributed by atoms with van der Waals surface area (Å²) in [5.41, 5.74) is 4.23. The Morgan fingerprint density at radius 3 is 2.95 bits per heavy atom. The van der Waals surface area contributed by atoms with Crippen LogP contribution in [-0.4, -0.2) is 22.1 Å². The van der Waals surface area contributed by atoms with Gasteiger partial charge in [-0.05, 0) is 29.7 Å². The molecule has 0 amide bonds. The second-order valence-corrected chi connectivity index (χ2v) is 5.19. The molecule has 0 fully saturated rings. The van der Waals surface area contributed by atoms with E-state index in [1.165, 1.54) is 0 Å². The number of para-hydroxylation sites is 1. The molecule has 4 nitrogen and oxygen atoms in total. The number of aryl methyl sites for hydroxylation is 1. The minimum absolute atomic E-state index is 0.493. The standard InChI is InChI=1S/C16H16N2O2/c1-11-6-12(9-17-8-11)10-18-14-5-3-2-4-13(14)7-15(18)16(19)20/h2-6,8-9,15H,7,10H2,1H3,(H,19,20). The number of carboxylic acids is 1. The first kappa shape index (κ1) is 12.7. The topological polar surface area (TPSA) is 53.4 Å². The van der Waals surface area contributed by atoms with Crippen LogP contribution >= 0.6 is 0 Å². The molecule has 1 aromatic carbocycles. The van der Waals surface area contributed by atoms with Gasteiger partial charge in [-0.2, -0.15) is 0 Å². The Morgan fingerprint density at radius 2 is 2.20 bits per heavy atom. The van der Waals surface area contributed by atoms with Gasteiger partial charge in [0.25, 0.3) is 0 Å². The highest BCUT2D eigenvalue weighted by atomic mass is 16.4. The van der Waals surface area contributed by atoms with Crippen LogP contribution < -0.4 is 4.90 Å². The quantitative estimate of drug-likeness (QED) is 0.928. The Hall–Kier alpha value is -2.36. The van der Waals surface area contributed by atoms with Crippen molar-refractivity contribution in [3.63, 3.8) is 0 Å². The third-order valence-corrected chi connectivity index (χ3v) is 3.66. The van der Waals surface area contributed by atoms with Crippen LogP contribution in [0.4, 0.5) is 5.69 Å². The molecule has 1 unspecified atom stereocenters. The first-order valence-corrected chi connectivity index (χ1v) is 6.63. The zero-order valence-corrected chi connectivity index (χ0v) is 11.3. The molecule has 1 aliphatic rings. The van der Waals surface area contributed by atoms with E-state index in [4.69, 9.17) is 0 Å². The van der Waals surface area contributed by atoms with Crippen molar-refractivity contribution in [2.45, 2.75) is 25.9 Å². The average Bonchev–Trinajstić information content (AvgIpc) is 2.78. The molecule has 2 heterocycles. The minimum atomic E-state index is -0.776. The van der Waals surface area contributed by atoms with Crippen LogP contribution in [0.25, 0.3) is 0 Å². The van der Waals surface area contributed by atoms with Crippen LogP contribution in [0.2, 0.25) is 0 Å². The maximum absolute atomic E-state index is 11.5. The van der Waals surface area contributed by atoms with Crippen LogP contribution in [0.5, 0.6) is 0 Å². The molecule has 0 saturated carbocycles. The lowest BCUT2D eigenvalue weighted by Crippen LogP contribution is -2.38. The van der Waals surface area contributed by atoms with E-state index < -0.39 is 12.0 Å². The zero-order valence-electron chi connectivity index (χ0n) is 11.3. The molecular formula is C16H16N2O2. The molecular weight excluding hydrogens is 252 g/mol. The Bertz CT molecular complexity index is 654. The fourth-order valence-corrected chi connectivity index (χ4v) is 2.77. The number of fused-ring (bicyclic) bond motifs is 1. The van der Waals surface area contributed by atoms with E-state index in [-0.39, 0.29) is 0 Å². The van der Waals surface area contributed by atoms with Crippen molar-refractivity contribution in [3.8, 4) is 0 Å². The van der Waals surface area contributed by atoms with Crippen LogP contribution in [0.3, 0.4) is 0 Å². The summed E-state index contributed by atoms with van der Waals surface area (Å²) in [6, 6.07) is 9.45. The zero-order chi connectivity index (χ0) is 14.1.